The molecule has 0 amide bonds. The molecular weight excluding hydrogens is 322 g/mol. The first-order valence-corrected chi connectivity index (χ1v) is 8.53. The number of rotatable bonds is 6. The van der Waals surface area contributed by atoms with E-state index in [2.05, 4.69) is 4.98 Å². The van der Waals surface area contributed by atoms with E-state index in [1.807, 2.05) is 24.3 Å². The fourth-order valence-electron chi connectivity index (χ4n) is 2.47. The van der Waals surface area contributed by atoms with E-state index in [0.29, 0.717) is 25.3 Å². The van der Waals surface area contributed by atoms with Crippen LogP contribution in [0.1, 0.15) is 17.0 Å². The highest BCUT2D eigenvalue weighted by Gasteiger charge is 2.30. The number of ether oxygens (including phenoxy) is 1. The number of hydrogen-bond acceptors (Lipinski definition) is 4. The number of benzene rings is 1. The summed E-state index contributed by atoms with van der Waals surface area (Å²) in [5.41, 5.74) is 1.98. The topological polar surface area (TPSA) is 59.4 Å². The van der Waals surface area contributed by atoms with E-state index < -0.39 is 5.97 Å². The molecule has 4 nitrogen and oxygen atoms in total. The summed E-state index contributed by atoms with van der Waals surface area (Å²) in [6.07, 6.45) is 1.97. The molecule has 2 aromatic rings. The summed E-state index contributed by atoms with van der Waals surface area (Å²) in [5.74, 6) is 0.384. The standard InChI is InChI=1S/C16H16ClNO3S/c17-6-1-7-21-12-4-2-10(3-5-12)15-18-13-8-11(16(19)20)9-14(13)22-15/h2-5,11H,1,6-9H2,(H,19,20). The number of carbonyl (C=O) groups is 1. The van der Waals surface area contributed by atoms with Gasteiger partial charge >= 0.3 is 5.97 Å². The second-order valence-electron chi connectivity index (χ2n) is 5.25. The van der Waals surface area contributed by atoms with Crippen molar-refractivity contribution >= 4 is 28.9 Å². The first-order valence-electron chi connectivity index (χ1n) is 7.18. The van der Waals surface area contributed by atoms with E-state index in [9.17, 15) is 4.79 Å². The van der Waals surface area contributed by atoms with E-state index in [-0.39, 0.29) is 5.92 Å². The Morgan fingerprint density at radius 2 is 2.14 bits per heavy atom. The van der Waals surface area contributed by atoms with E-state index in [1.54, 1.807) is 11.3 Å². The molecule has 0 fully saturated rings. The predicted octanol–water partition coefficient (Wildman–Crippen LogP) is 3.62. The minimum atomic E-state index is -0.731. The number of aliphatic carboxylic acids is 1. The maximum absolute atomic E-state index is 11.0. The molecule has 1 aromatic heterocycles. The largest absolute Gasteiger partial charge is 0.494 e. The second-order valence-corrected chi connectivity index (χ2v) is 6.71. The smallest absolute Gasteiger partial charge is 0.307 e. The summed E-state index contributed by atoms with van der Waals surface area (Å²) in [5, 5.41) is 10.0. The fraction of sp³-hybridized carbons (Fsp3) is 0.375. The average Bonchev–Trinajstić information content (AvgIpc) is 3.07. The van der Waals surface area contributed by atoms with Crippen LogP contribution in [0.4, 0.5) is 0 Å². The van der Waals surface area contributed by atoms with Crippen LogP contribution in [0.3, 0.4) is 0 Å². The van der Waals surface area contributed by atoms with E-state index >= 15 is 0 Å². The van der Waals surface area contributed by atoms with Gasteiger partial charge in [-0.2, -0.15) is 0 Å². The summed E-state index contributed by atoms with van der Waals surface area (Å²) in [6, 6.07) is 7.82. The molecular formula is C16H16ClNO3S. The van der Waals surface area contributed by atoms with Gasteiger partial charge in [-0.15, -0.1) is 22.9 Å². The van der Waals surface area contributed by atoms with Crippen molar-refractivity contribution in [1.29, 1.82) is 0 Å². The molecule has 0 spiro atoms. The van der Waals surface area contributed by atoms with Crippen LogP contribution in [0.25, 0.3) is 10.6 Å². The maximum atomic E-state index is 11.0. The summed E-state index contributed by atoms with van der Waals surface area (Å²) >= 11 is 7.21. The van der Waals surface area contributed by atoms with Crippen molar-refractivity contribution in [3.8, 4) is 16.3 Å². The normalized spacial score (nSPS) is 16.5. The fourth-order valence-corrected chi connectivity index (χ4v) is 3.75. The number of thiazole rings is 1. The molecule has 1 N–H and O–H groups in total. The zero-order valence-corrected chi connectivity index (χ0v) is 13.5. The van der Waals surface area contributed by atoms with E-state index in [1.165, 1.54) is 0 Å². The van der Waals surface area contributed by atoms with Gasteiger partial charge in [0.15, 0.2) is 0 Å². The Hall–Kier alpha value is -1.59. The molecule has 0 saturated carbocycles. The molecule has 0 bridgehead atoms. The van der Waals surface area contributed by atoms with Crippen molar-refractivity contribution in [2.75, 3.05) is 12.5 Å². The molecule has 0 saturated heterocycles. The molecule has 22 heavy (non-hydrogen) atoms. The third kappa shape index (κ3) is 3.25. The minimum absolute atomic E-state index is 0.305. The van der Waals surface area contributed by atoms with E-state index in [0.717, 1.165) is 33.3 Å². The number of hydrogen-bond donors (Lipinski definition) is 1. The molecule has 0 aliphatic heterocycles. The van der Waals surface area contributed by atoms with Gasteiger partial charge in [-0.05, 0) is 37.1 Å². The van der Waals surface area contributed by atoms with Crippen LogP contribution in [-0.2, 0) is 17.6 Å². The monoisotopic (exact) mass is 337 g/mol. The van der Waals surface area contributed by atoms with Gasteiger partial charge in [-0.25, -0.2) is 4.98 Å². The molecule has 1 aromatic carbocycles. The van der Waals surface area contributed by atoms with Gasteiger partial charge < -0.3 is 9.84 Å². The third-order valence-electron chi connectivity index (χ3n) is 3.65. The highest BCUT2D eigenvalue weighted by atomic mass is 35.5. The predicted molar refractivity (Wildman–Crippen MR) is 86.9 cm³/mol. The molecule has 116 valence electrons. The summed E-state index contributed by atoms with van der Waals surface area (Å²) in [6.45, 7) is 0.616. The molecule has 6 heteroatoms. The van der Waals surface area contributed by atoms with Gasteiger partial charge in [0.05, 0.1) is 18.2 Å². The Labute approximate surface area is 137 Å². The Balaban J connectivity index is 1.68. The van der Waals surface area contributed by atoms with Crippen LogP contribution in [0, 0.1) is 5.92 Å². The van der Waals surface area contributed by atoms with Crippen LogP contribution in [-0.4, -0.2) is 28.5 Å². The lowest BCUT2D eigenvalue weighted by molar-refractivity contribution is -0.141. The Bertz CT molecular complexity index is 645. The Morgan fingerprint density at radius 1 is 1.36 bits per heavy atom. The number of carboxylic acid groups (broad SMARTS) is 1. The highest BCUT2D eigenvalue weighted by molar-refractivity contribution is 7.15. The van der Waals surface area contributed by atoms with Gasteiger partial charge in [0.25, 0.3) is 0 Å². The van der Waals surface area contributed by atoms with Gasteiger partial charge in [0.1, 0.15) is 10.8 Å². The number of aromatic nitrogens is 1. The Kier molecular flexibility index (Phi) is 4.64. The van der Waals surface area contributed by atoms with Crippen molar-refractivity contribution in [3.05, 3.63) is 34.8 Å². The number of halogens is 1. The lowest BCUT2D eigenvalue weighted by Crippen LogP contribution is -2.13. The molecule has 0 radical (unpaired) electrons. The van der Waals surface area contributed by atoms with Crippen molar-refractivity contribution in [1.82, 2.24) is 4.98 Å². The zero-order valence-electron chi connectivity index (χ0n) is 11.9. The second kappa shape index (κ2) is 6.67. The first kappa shape index (κ1) is 15.3. The zero-order chi connectivity index (χ0) is 15.5. The van der Waals surface area contributed by atoms with Crippen LogP contribution in [0.15, 0.2) is 24.3 Å². The van der Waals surface area contributed by atoms with E-state index in [4.69, 9.17) is 21.4 Å². The first-order chi connectivity index (χ1) is 10.7. The Morgan fingerprint density at radius 3 is 2.77 bits per heavy atom. The molecule has 1 unspecified atom stereocenters. The molecule has 3 rings (SSSR count). The van der Waals surface area contributed by atoms with Crippen molar-refractivity contribution in [2.24, 2.45) is 5.92 Å². The number of carboxylic acids is 1. The quantitative estimate of drug-likeness (QED) is 0.646. The minimum Gasteiger partial charge on any atom is -0.494 e. The summed E-state index contributed by atoms with van der Waals surface area (Å²) < 4.78 is 5.57. The maximum Gasteiger partial charge on any atom is 0.307 e. The van der Waals surface area contributed by atoms with Crippen LogP contribution in [0.2, 0.25) is 0 Å². The van der Waals surface area contributed by atoms with Crippen molar-refractivity contribution in [2.45, 2.75) is 19.3 Å². The lowest BCUT2D eigenvalue weighted by Gasteiger charge is -2.05. The van der Waals surface area contributed by atoms with Gasteiger partial charge in [-0.3, -0.25) is 4.79 Å². The van der Waals surface area contributed by atoms with Crippen molar-refractivity contribution in [3.63, 3.8) is 0 Å². The van der Waals surface area contributed by atoms with Crippen LogP contribution in [0.5, 0.6) is 5.75 Å². The SMILES string of the molecule is O=C(O)C1Cc2nc(-c3ccc(OCCCCl)cc3)sc2C1. The lowest BCUT2D eigenvalue weighted by atomic mass is 10.1. The molecule has 1 aliphatic carbocycles. The number of alkyl halides is 1. The van der Waals surface area contributed by atoms with Crippen LogP contribution >= 0.6 is 22.9 Å². The molecule has 1 atom stereocenters. The highest BCUT2D eigenvalue weighted by Crippen LogP contribution is 2.36. The molecule has 1 aliphatic rings. The van der Waals surface area contributed by atoms with Gasteiger partial charge in [0, 0.05) is 22.7 Å². The van der Waals surface area contributed by atoms with Gasteiger partial charge in [-0.1, -0.05) is 0 Å². The number of fused-ring (bicyclic) bond motifs is 1. The summed E-state index contributed by atoms with van der Waals surface area (Å²) in [4.78, 5) is 16.7. The molecule has 1 heterocycles. The van der Waals surface area contributed by atoms with Crippen molar-refractivity contribution < 1.29 is 14.6 Å². The summed E-state index contributed by atoms with van der Waals surface area (Å²) in [7, 11) is 0. The van der Waals surface area contributed by atoms with Gasteiger partial charge in [0.2, 0.25) is 0 Å². The average molecular weight is 338 g/mol. The third-order valence-corrected chi connectivity index (χ3v) is 5.08. The van der Waals surface area contributed by atoms with Crippen LogP contribution < -0.4 is 4.74 Å². The number of nitrogens with zero attached hydrogens (tertiary/aromatic N) is 1.